The van der Waals surface area contributed by atoms with Gasteiger partial charge in [-0.1, -0.05) is 6.07 Å². The maximum absolute atomic E-state index is 11.4. The van der Waals surface area contributed by atoms with Crippen LogP contribution in [0.1, 0.15) is 5.76 Å². The van der Waals surface area contributed by atoms with Crippen LogP contribution in [0.5, 0.6) is 5.75 Å². The molecule has 0 aliphatic carbocycles. The Labute approximate surface area is 79.0 Å². The molecule has 72 valence electrons. The highest BCUT2D eigenvalue weighted by Crippen LogP contribution is 2.22. The van der Waals surface area contributed by atoms with Gasteiger partial charge in [0, 0.05) is 6.07 Å². The predicted octanol–water partition coefficient (Wildman–Crippen LogP) is 0.991. The van der Waals surface area contributed by atoms with Crippen molar-refractivity contribution in [2.24, 2.45) is 0 Å². The fourth-order valence-electron chi connectivity index (χ4n) is 1.29. The molecule has 4 nitrogen and oxygen atoms in total. The van der Waals surface area contributed by atoms with Crippen LogP contribution < -0.4 is 5.43 Å². The first-order valence-electron chi connectivity index (χ1n) is 4.08. The van der Waals surface area contributed by atoms with Crippen molar-refractivity contribution >= 4 is 11.0 Å². The Balaban J connectivity index is 2.91. The highest BCUT2D eigenvalue weighted by atomic mass is 16.4. The van der Waals surface area contributed by atoms with Crippen LogP contribution >= 0.6 is 0 Å². The monoisotopic (exact) mass is 192 g/mol. The molecule has 0 atom stereocenters. The Morgan fingerprint density at radius 2 is 2.14 bits per heavy atom. The molecule has 0 aliphatic rings. The molecule has 0 radical (unpaired) electrons. The van der Waals surface area contributed by atoms with Gasteiger partial charge in [0.2, 0.25) is 0 Å². The van der Waals surface area contributed by atoms with Crippen molar-refractivity contribution in [2.45, 2.75) is 6.61 Å². The standard InChI is InChI=1S/C10H8O4/c11-5-6-4-9(13)7-2-1-3-8(12)10(7)14-6/h1-4,11-12H,5H2. The molecule has 2 N–H and O–H groups in total. The van der Waals surface area contributed by atoms with Gasteiger partial charge >= 0.3 is 0 Å². The number of hydrogen-bond donors (Lipinski definition) is 2. The Bertz CT molecular complexity index is 527. The molecular weight excluding hydrogens is 184 g/mol. The van der Waals surface area contributed by atoms with Crippen LogP contribution in [0.25, 0.3) is 11.0 Å². The van der Waals surface area contributed by atoms with Crippen molar-refractivity contribution in [3.63, 3.8) is 0 Å². The fraction of sp³-hybridized carbons (Fsp3) is 0.100. The molecule has 0 aliphatic heterocycles. The van der Waals surface area contributed by atoms with Gasteiger partial charge in [-0.3, -0.25) is 4.79 Å². The average Bonchev–Trinajstić information content (AvgIpc) is 2.19. The molecule has 14 heavy (non-hydrogen) atoms. The van der Waals surface area contributed by atoms with E-state index in [-0.39, 0.29) is 29.1 Å². The number of rotatable bonds is 1. The van der Waals surface area contributed by atoms with Gasteiger partial charge < -0.3 is 14.6 Å². The van der Waals surface area contributed by atoms with Crippen molar-refractivity contribution in [1.29, 1.82) is 0 Å². The summed E-state index contributed by atoms with van der Waals surface area (Å²) in [6.45, 7) is -0.362. The summed E-state index contributed by atoms with van der Waals surface area (Å²) in [6, 6.07) is 5.75. The number of aliphatic hydroxyl groups is 1. The van der Waals surface area contributed by atoms with Crippen LogP contribution in [0.2, 0.25) is 0 Å². The molecule has 1 heterocycles. The summed E-state index contributed by atoms with van der Waals surface area (Å²) in [5, 5.41) is 18.5. The number of phenolic OH excluding ortho intramolecular Hbond substituents is 1. The summed E-state index contributed by atoms with van der Waals surface area (Å²) in [5.41, 5.74) is -0.157. The summed E-state index contributed by atoms with van der Waals surface area (Å²) in [7, 11) is 0. The van der Waals surface area contributed by atoms with E-state index in [0.717, 1.165) is 0 Å². The van der Waals surface area contributed by atoms with Crippen LogP contribution in [0.4, 0.5) is 0 Å². The summed E-state index contributed by atoms with van der Waals surface area (Å²) >= 11 is 0. The quantitative estimate of drug-likeness (QED) is 0.706. The zero-order chi connectivity index (χ0) is 10.1. The fourth-order valence-corrected chi connectivity index (χ4v) is 1.29. The molecule has 1 aromatic carbocycles. The number of hydrogen-bond acceptors (Lipinski definition) is 4. The largest absolute Gasteiger partial charge is 0.504 e. The van der Waals surface area contributed by atoms with Crippen molar-refractivity contribution < 1.29 is 14.6 Å². The molecule has 4 heteroatoms. The Morgan fingerprint density at radius 1 is 1.36 bits per heavy atom. The van der Waals surface area contributed by atoms with Gasteiger partial charge in [0.05, 0.1) is 5.39 Å². The lowest BCUT2D eigenvalue weighted by Gasteiger charge is -2.01. The highest BCUT2D eigenvalue weighted by Gasteiger charge is 2.06. The Hall–Kier alpha value is -1.81. The van der Waals surface area contributed by atoms with E-state index in [1.54, 1.807) is 12.1 Å². The van der Waals surface area contributed by atoms with Crippen LogP contribution in [0.3, 0.4) is 0 Å². The number of benzene rings is 1. The molecule has 2 rings (SSSR count). The van der Waals surface area contributed by atoms with Gasteiger partial charge in [0.25, 0.3) is 0 Å². The number of phenols is 1. The molecule has 0 saturated carbocycles. The minimum Gasteiger partial charge on any atom is -0.504 e. The molecule has 0 amide bonds. The summed E-state index contributed by atoms with van der Waals surface area (Å²) in [5.74, 6) is 0.0406. The summed E-state index contributed by atoms with van der Waals surface area (Å²) in [6.07, 6.45) is 0. The Kier molecular flexibility index (Phi) is 1.98. The van der Waals surface area contributed by atoms with E-state index in [2.05, 4.69) is 0 Å². The highest BCUT2D eigenvalue weighted by molar-refractivity contribution is 5.81. The normalized spacial score (nSPS) is 10.6. The van der Waals surface area contributed by atoms with Gasteiger partial charge in [0.1, 0.15) is 12.4 Å². The molecule has 1 aromatic heterocycles. The second-order valence-corrected chi connectivity index (χ2v) is 2.89. The van der Waals surface area contributed by atoms with E-state index in [0.29, 0.717) is 5.39 Å². The zero-order valence-corrected chi connectivity index (χ0v) is 7.23. The number of aliphatic hydroxyl groups excluding tert-OH is 1. The number of fused-ring (bicyclic) bond motifs is 1. The van der Waals surface area contributed by atoms with Gasteiger partial charge in [-0.15, -0.1) is 0 Å². The van der Waals surface area contributed by atoms with E-state index in [4.69, 9.17) is 9.52 Å². The van der Waals surface area contributed by atoms with E-state index in [9.17, 15) is 9.90 Å². The lowest BCUT2D eigenvalue weighted by molar-refractivity contribution is 0.248. The lowest BCUT2D eigenvalue weighted by atomic mass is 10.2. The number of para-hydroxylation sites is 1. The van der Waals surface area contributed by atoms with Crippen molar-refractivity contribution in [3.8, 4) is 5.75 Å². The molecule has 2 aromatic rings. The van der Waals surface area contributed by atoms with Crippen LogP contribution in [0, 0.1) is 0 Å². The molecule has 0 unspecified atom stereocenters. The lowest BCUT2D eigenvalue weighted by Crippen LogP contribution is -2.01. The van der Waals surface area contributed by atoms with Crippen LogP contribution in [-0.2, 0) is 6.61 Å². The third-order valence-corrected chi connectivity index (χ3v) is 1.94. The van der Waals surface area contributed by atoms with Crippen molar-refractivity contribution in [3.05, 3.63) is 40.2 Å². The van der Waals surface area contributed by atoms with Gasteiger partial charge in [-0.05, 0) is 12.1 Å². The summed E-state index contributed by atoms with van der Waals surface area (Å²) < 4.78 is 5.12. The summed E-state index contributed by atoms with van der Waals surface area (Å²) in [4.78, 5) is 11.4. The third-order valence-electron chi connectivity index (χ3n) is 1.94. The maximum atomic E-state index is 11.4. The van der Waals surface area contributed by atoms with Gasteiger partial charge in [-0.25, -0.2) is 0 Å². The van der Waals surface area contributed by atoms with Crippen molar-refractivity contribution in [1.82, 2.24) is 0 Å². The Morgan fingerprint density at radius 3 is 2.86 bits per heavy atom. The molecule has 0 bridgehead atoms. The number of aromatic hydroxyl groups is 1. The molecule has 0 spiro atoms. The van der Waals surface area contributed by atoms with Crippen LogP contribution in [0.15, 0.2) is 33.5 Å². The molecule has 0 fully saturated rings. The van der Waals surface area contributed by atoms with E-state index in [1.807, 2.05) is 0 Å². The third kappa shape index (κ3) is 1.25. The first kappa shape index (κ1) is 8.77. The smallest absolute Gasteiger partial charge is 0.193 e. The van der Waals surface area contributed by atoms with Crippen molar-refractivity contribution in [2.75, 3.05) is 0 Å². The minimum absolute atomic E-state index is 0.102. The maximum Gasteiger partial charge on any atom is 0.193 e. The van der Waals surface area contributed by atoms with E-state index < -0.39 is 0 Å². The van der Waals surface area contributed by atoms with E-state index >= 15 is 0 Å². The second kappa shape index (κ2) is 3.16. The topological polar surface area (TPSA) is 70.7 Å². The second-order valence-electron chi connectivity index (χ2n) is 2.89. The molecular formula is C10H8O4. The zero-order valence-electron chi connectivity index (χ0n) is 7.23. The average molecular weight is 192 g/mol. The van der Waals surface area contributed by atoms with Crippen LogP contribution in [-0.4, -0.2) is 10.2 Å². The van der Waals surface area contributed by atoms with Gasteiger partial charge in [-0.2, -0.15) is 0 Å². The SMILES string of the molecule is O=c1cc(CO)oc2c(O)cccc12. The minimum atomic E-state index is -0.362. The predicted molar refractivity (Wildman–Crippen MR) is 50.1 cm³/mol. The van der Waals surface area contributed by atoms with Gasteiger partial charge in [0.15, 0.2) is 16.8 Å². The first-order chi connectivity index (χ1) is 6.72. The van der Waals surface area contributed by atoms with E-state index in [1.165, 1.54) is 12.1 Å². The molecule has 0 saturated heterocycles. The first-order valence-corrected chi connectivity index (χ1v) is 4.08.